The molecule has 1 N–H and O–H groups in total. The Morgan fingerprint density at radius 2 is 1.82 bits per heavy atom. The van der Waals surface area contributed by atoms with Gasteiger partial charge in [0.25, 0.3) is 5.91 Å². The summed E-state index contributed by atoms with van der Waals surface area (Å²) in [6.07, 6.45) is 3.20. The molecule has 0 fully saturated rings. The van der Waals surface area contributed by atoms with Crippen molar-refractivity contribution < 1.29 is 4.79 Å². The van der Waals surface area contributed by atoms with E-state index < -0.39 is 8.24 Å². The summed E-state index contributed by atoms with van der Waals surface area (Å²) in [5.41, 5.74) is 1.97. The van der Waals surface area contributed by atoms with Gasteiger partial charge in [-0.3, -0.25) is 4.79 Å². The topological polar surface area (TPSA) is 72.7 Å². The second kappa shape index (κ2) is 5.34. The minimum atomic E-state index is -1.68. The molecule has 0 bridgehead atoms. The smallest absolute Gasteiger partial charge is 0.256 e. The summed E-state index contributed by atoms with van der Waals surface area (Å²) in [7, 11) is -1.68. The van der Waals surface area contributed by atoms with Crippen LogP contribution in [-0.2, 0) is 0 Å². The normalized spacial score (nSPS) is 11.6. The van der Waals surface area contributed by atoms with Crippen LogP contribution in [-0.4, -0.2) is 33.3 Å². The van der Waals surface area contributed by atoms with Gasteiger partial charge in [-0.05, 0) is 12.1 Å². The number of nitrogens with zero attached hydrogens (tertiary/aromatic N) is 4. The lowest BCUT2D eigenvalue weighted by Gasteiger charge is -2.19. The van der Waals surface area contributed by atoms with Crippen molar-refractivity contribution in [1.82, 2.24) is 19.2 Å². The fraction of sp³-hybridized carbons (Fsp3) is 0.200. The maximum atomic E-state index is 12.4. The Labute approximate surface area is 129 Å². The molecule has 1 aromatic carbocycles. The van der Waals surface area contributed by atoms with Crippen molar-refractivity contribution in [1.29, 1.82) is 0 Å². The second-order valence-electron chi connectivity index (χ2n) is 6.00. The molecule has 0 saturated carbocycles. The molecule has 3 rings (SSSR count). The highest BCUT2D eigenvalue weighted by atomic mass is 28.3. The first kappa shape index (κ1) is 14.4. The van der Waals surface area contributed by atoms with E-state index in [1.807, 2.05) is 18.2 Å². The molecule has 7 heteroatoms. The summed E-state index contributed by atoms with van der Waals surface area (Å²) in [4.78, 5) is 25.1. The molecule has 0 aliphatic rings. The first-order valence-corrected chi connectivity index (χ1v) is 10.5. The number of nitrogens with one attached hydrogen (secondary N) is 1. The molecular weight excluding hydrogens is 294 g/mol. The van der Waals surface area contributed by atoms with Gasteiger partial charge in [0, 0.05) is 5.56 Å². The van der Waals surface area contributed by atoms with Crippen LogP contribution in [0.1, 0.15) is 10.4 Å². The van der Waals surface area contributed by atoms with Crippen molar-refractivity contribution >= 4 is 31.1 Å². The zero-order valence-corrected chi connectivity index (χ0v) is 13.7. The molecule has 22 heavy (non-hydrogen) atoms. The van der Waals surface area contributed by atoms with Gasteiger partial charge in [0.15, 0.2) is 19.7 Å². The van der Waals surface area contributed by atoms with Gasteiger partial charge in [0.1, 0.15) is 11.8 Å². The van der Waals surface area contributed by atoms with Crippen LogP contribution in [0.5, 0.6) is 0 Å². The maximum absolute atomic E-state index is 12.4. The average molecular weight is 311 g/mol. The van der Waals surface area contributed by atoms with Crippen LogP contribution in [0.25, 0.3) is 11.2 Å². The number of anilines is 1. The van der Waals surface area contributed by atoms with Crippen molar-refractivity contribution in [2.45, 2.75) is 19.6 Å². The first-order valence-electron chi connectivity index (χ1n) is 7.02. The summed E-state index contributed by atoms with van der Waals surface area (Å²) in [5.74, 6) is 0.308. The lowest BCUT2D eigenvalue weighted by molar-refractivity contribution is 0.102. The number of carbonyl (C=O) groups excluding carboxylic acids is 1. The molecule has 2 aromatic heterocycles. The van der Waals surface area contributed by atoms with Crippen molar-refractivity contribution in [3.05, 3.63) is 48.5 Å². The van der Waals surface area contributed by atoms with Crippen LogP contribution < -0.4 is 5.32 Å². The third-order valence-electron chi connectivity index (χ3n) is 3.33. The van der Waals surface area contributed by atoms with E-state index in [4.69, 9.17) is 0 Å². The van der Waals surface area contributed by atoms with E-state index in [0.717, 1.165) is 5.52 Å². The van der Waals surface area contributed by atoms with Gasteiger partial charge < -0.3 is 9.55 Å². The molecule has 112 valence electrons. The van der Waals surface area contributed by atoms with E-state index in [0.29, 0.717) is 17.0 Å². The van der Waals surface area contributed by atoms with Crippen LogP contribution in [0.4, 0.5) is 5.82 Å². The molecule has 6 nitrogen and oxygen atoms in total. The first-order chi connectivity index (χ1) is 10.5. The van der Waals surface area contributed by atoms with E-state index in [2.05, 4.69) is 44.1 Å². The van der Waals surface area contributed by atoms with Gasteiger partial charge in [-0.1, -0.05) is 37.8 Å². The molecule has 3 aromatic rings. The zero-order chi connectivity index (χ0) is 15.7. The second-order valence-corrected chi connectivity index (χ2v) is 10.8. The highest BCUT2D eigenvalue weighted by Crippen LogP contribution is 2.22. The van der Waals surface area contributed by atoms with Gasteiger partial charge in [0.2, 0.25) is 0 Å². The van der Waals surface area contributed by atoms with Crippen LogP contribution in [0.3, 0.4) is 0 Å². The summed E-state index contributed by atoms with van der Waals surface area (Å²) < 4.78 is 2.10. The predicted molar refractivity (Wildman–Crippen MR) is 88.5 cm³/mol. The van der Waals surface area contributed by atoms with Crippen LogP contribution >= 0.6 is 0 Å². The standard InChI is InChI=1S/C15H17N5OSi/c1-22(2,3)20-10-18-13-12(20)14(17-9-16-13)19-15(21)11-7-5-4-6-8-11/h4-10H,1-3H3,(H,16,17,19,21). The fourth-order valence-electron chi connectivity index (χ4n) is 2.23. The molecule has 0 aliphatic carbocycles. The Bertz CT molecular complexity index is 823. The molecule has 0 saturated heterocycles. The quantitative estimate of drug-likeness (QED) is 0.755. The zero-order valence-electron chi connectivity index (χ0n) is 12.7. The van der Waals surface area contributed by atoms with E-state index in [-0.39, 0.29) is 5.91 Å². The minimum absolute atomic E-state index is 0.191. The number of fused-ring (bicyclic) bond motifs is 1. The summed E-state index contributed by atoms with van der Waals surface area (Å²) in [6, 6.07) is 9.07. The lowest BCUT2D eigenvalue weighted by Crippen LogP contribution is -2.31. The third kappa shape index (κ3) is 2.62. The summed E-state index contributed by atoms with van der Waals surface area (Å²) in [6.45, 7) is 6.59. The molecular formula is C15H17N5OSi. The van der Waals surface area contributed by atoms with Crippen LogP contribution in [0.2, 0.25) is 19.6 Å². The number of benzene rings is 1. The van der Waals surface area contributed by atoms with Gasteiger partial charge in [-0.2, -0.15) is 0 Å². The minimum Gasteiger partial charge on any atom is -0.354 e. The number of hydrogen-bond acceptors (Lipinski definition) is 4. The third-order valence-corrected chi connectivity index (χ3v) is 5.11. The monoisotopic (exact) mass is 311 g/mol. The average Bonchev–Trinajstić information content (AvgIpc) is 2.93. The predicted octanol–water partition coefficient (Wildman–Crippen LogP) is 2.76. The van der Waals surface area contributed by atoms with Crippen molar-refractivity contribution in [3.63, 3.8) is 0 Å². The molecule has 0 unspecified atom stereocenters. The highest BCUT2D eigenvalue weighted by Gasteiger charge is 2.22. The number of amides is 1. The van der Waals surface area contributed by atoms with E-state index in [1.165, 1.54) is 6.33 Å². The number of carbonyl (C=O) groups is 1. The molecule has 0 spiro atoms. The van der Waals surface area contributed by atoms with Crippen molar-refractivity contribution in [3.8, 4) is 0 Å². The van der Waals surface area contributed by atoms with Gasteiger partial charge in [0.05, 0.1) is 6.33 Å². The molecule has 0 atom stereocenters. The Balaban J connectivity index is 2.04. The SMILES string of the molecule is C[Si](C)(C)n1cnc2ncnc(NC(=O)c3ccccc3)c21. The van der Waals surface area contributed by atoms with Crippen LogP contribution in [0, 0.1) is 0 Å². The highest BCUT2D eigenvalue weighted by molar-refractivity contribution is 6.75. The number of aromatic nitrogens is 4. The van der Waals surface area contributed by atoms with E-state index in [9.17, 15) is 4.79 Å². The Morgan fingerprint density at radius 3 is 2.50 bits per heavy atom. The summed E-state index contributed by atoms with van der Waals surface area (Å²) >= 11 is 0. The number of rotatable bonds is 3. The summed E-state index contributed by atoms with van der Waals surface area (Å²) in [5, 5.41) is 2.87. The molecule has 1 amide bonds. The van der Waals surface area contributed by atoms with Gasteiger partial charge >= 0.3 is 0 Å². The van der Waals surface area contributed by atoms with Crippen molar-refractivity contribution in [2.24, 2.45) is 0 Å². The van der Waals surface area contributed by atoms with Gasteiger partial charge in [-0.15, -0.1) is 0 Å². The molecule has 0 aliphatic heterocycles. The van der Waals surface area contributed by atoms with Crippen molar-refractivity contribution in [2.75, 3.05) is 5.32 Å². The van der Waals surface area contributed by atoms with E-state index >= 15 is 0 Å². The molecule has 2 heterocycles. The Kier molecular flexibility index (Phi) is 3.49. The lowest BCUT2D eigenvalue weighted by atomic mass is 10.2. The van der Waals surface area contributed by atoms with Crippen LogP contribution in [0.15, 0.2) is 43.0 Å². The van der Waals surface area contributed by atoms with E-state index in [1.54, 1.807) is 18.5 Å². The largest absolute Gasteiger partial charge is 0.354 e. The maximum Gasteiger partial charge on any atom is 0.256 e. The van der Waals surface area contributed by atoms with Gasteiger partial charge in [-0.25, -0.2) is 15.0 Å². The fourth-order valence-corrected chi connectivity index (χ4v) is 3.51. The number of imidazole rings is 1. The number of hydrogen-bond donors (Lipinski definition) is 1. The Morgan fingerprint density at radius 1 is 1.09 bits per heavy atom. The molecule has 0 radical (unpaired) electrons. The Hall–Kier alpha value is -2.54.